The van der Waals surface area contributed by atoms with Gasteiger partial charge in [-0.2, -0.15) is 0 Å². The number of halogens is 1. The standard InChI is InChI=1S/C32H34FN3O2/c1-2-35(23-25-13-16-34-17-14-25)19-20-38-30-10-3-24(4-11-30)21-32-31-12-9-29(37)22-26(31)15-18-36(32)28-7-5-27(33)6-8-28/h3-14,16-17,22,32,37H,2,15,18-21,23H2,1H3. The highest BCUT2D eigenvalue weighted by atomic mass is 19.1. The third-order valence-electron chi connectivity index (χ3n) is 7.27. The molecular weight excluding hydrogens is 477 g/mol. The number of rotatable bonds is 10. The quantitative estimate of drug-likeness (QED) is 0.276. The fourth-order valence-corrected chi connectivity index (χ4v) is 5.19. The van der Waals surface area contributed by atoms with Crippen LogP contribution in [0.1, 0.15) is 35.2 Å². The normalized spacial score (nSPS) is 14.9. The summed E-state index contributed by atoms with van der Waals surface area (Å²) >= 11 is 0. The van der Waals surface area contributed by atoms with Crippen molar-refractivity contribution in [3.05, 3.63) is 119 Å². The Hall–Kier alpha value is -3.90. The molecule has 0 spiro atoms. The first-order valence-electron chi connectivity index (χ1n) is 13.3. The molecule has 0 radical (unpaired) electrons. The number of pyridine rings is 1. The van der Waals surface area contributed by atoms with Crippen LogP contribution in [0.15, 0.2) is 91.3 Å². The van der Waals surface area contributed by atoms with Crippen molar-refractivity contribution >= 4 is 5.69 Å². The molecule has 0 amide bonds. The molecule has 4 aromatic rings. The van der Waals surface area contributed by atoms with Gasteiger partial charge in [0.15, 0.2) is 0 Å². The summed E-state index contributed by atoms with van der Waals surface area (Å²) in [4.78, 5) is 8.78. The van der Waals surface area contributed by atoms with E-state index in [9.17, 15) is 9.50 Å². The van der Waals surface area contributed by atoms with Crippen molar-refractivity contribution in [3.63, 3.8) is 0 Å². The molecule has 1 aromatic heterocycles. The number of anilines is 1. The third kappa shape index (κ3) is 6.32. The highest BCUT2D eigenvalue weighted by Gasteiger charge is 2.28. The van der Waals surface area contributed by atoms with Crippen LogP contribution in [0.4, 0.5) is 10.1 Å². The Morgan fingerprint density at radius 1 is 0.974 bits per heavy atom. The number of benzene rings is 3. The first-order chi connectivity index (χ1) is 18.6. The van der Waals surface area contributed by atoms with Crippen LogP contribution in [0.5, 0.6) is 11.5 Å². The van der Waals surface area contributed by atoms with Gasteiger partial charge in [-0.25, -0.2) is 4.39 Å². The van der Waals surface area contributed by atoms with Crippen LogP contribution < -0.4 is 9.64 Å². The van der Waals surface area contributed by atoms with Crippen LogP contribution in [0.3, 0.4) is 0 Å². The molecule has 6 heteroatoms. The summed E-state index contributed by atoms with van der Waals surface area (Å²) in [6, 6.07) is 24.9. The topological polar surface area (TPSA) is 48.8 Å². The van der Waals surface area contributed by atoms with Gasteiger partial charge < -0.3 is 14.7 Å². The minimum absolute atomic E-state index is 0.0860. The molecule has 1 unspecified atom stereocenters. The summed E-state index contributed by atoms with van der Waals surface area (Å²) in [5.41, 5.74) is 5.82. The Kier molecular flexibility index (Phi) is 8.19. The molecule has 0 saturated carbocycles. The molecule has 1 N–H and O–H groups in total. The second-order valence-corrected chi connectivity index (χ2v) is 9.74. The fraction of sp³-hybridized carbons (Fsp3) is 0.281. The zero-order valence-electron chi connectivity index (χ0n) is 21.8. The number of nitrogens with zero attached hydrogens (tertiary/aromatic N) is 3. The second kappa shape index (κ2) is 12.1. The Morgan fingerprint density at radius 3 is 2.47 bits per heavy atom. The van der Waals surface area contributed by atoms with E-state index in [4.69, 9.17) is 4.74 Å². The summed E-state index contributed by atoms with van der Waals surface area (Å²) in [5, 5.41) is 10.0. The minimum atomic E-state index is -0.234. The number of hydrogen-bond acceptors (Lipinski definition) is 5. The number of ether oxygens (including phenoxy) is 1. The Balaban J connectivity index is 1.24. The monoisotopic (exact) mass is 511 g/mol. The molecule has 0 saturated heterocycles. The van der Waals surface area contributed by atoms with Gasteiger partial charge in [-0.05, 0) is 102 Å². The number of hydrogen-bond donors (Lipinski definition) is 1. The second-order valence-electron chi connectivity index (χ2n) is 9.74. The number of fused-ring (bicyclic) bond motifs is 1. The maximum Gasteiger partial charge on any atom is 0.123 e. The van der Waals surface area contributed by atoms with Crippen LogP contribution in [-0.4, -0.2) is 41.2 Å². The molecule has 0 fully saturated rings. The molecule has 2 heterocycles. The van der Waals surface area contributed by atoms with Crippen molar-refractivity contribution in [2.24, 2.45) is 0 Å². The molecule has 1 aliphatic rings. The summed E-state index contributed by atoms with van der Waals surface area (Å²) < 4.78 is 19.7. The van der Waals surface area contributed by atoms with E-state index in [1.54, 1.807) is 6.07 Å². The van der Waals surface area contributed by atoms with E-state index >= 15 is 0 Å². The maximum absolute atomic E-state index is 13.6. The Labute approximate surface area is 224 Å². The van der Waals surface area contributed by atoms with Gasteiger partial charge in [-0.1, -0.05) is 25.1 Å². The molecule has 3 aromatic carbocycles. The number of phenols is 1. The summed E-state index contributed by atoms with van der Waals surface area (Å²) in [6.45, 7) is 6.27. The zero-order chi connectivity index (χ0) is 26.3. The summed E-state index contributed by atoms with van der Waals surface area (Å²) in [7, 11) is 0. The molecule has 5 nitrogen and oxygen atoms in total. The largest absolute Gasteiger partial charge is 0.508 e. The highest BCUT2D eigenvalue weighted by Crippen LogP contribution is 2.37. The van der Waals surface area contributed by atoms with Gasteiger partial charge in [0.2, 0.25) is 0 Å². The Morgan fingerprint density at radius 2 is 1.74 bits per heavy atom. The molecule has 196 valence electrons. The van der Waals surface area contributed by atoms with Gasteiger partial charge in [-0.15, -0.1) is 0 Å². The average Bonchev–Trinajstić information content (AvgIpc) is 2.94. The van der Waals surface area contributed by atoms with E-state index in [2.05, 4.69) is 33.8 Å². The Bertz CT molecular complexity index is 1310. The first kappa shape index (κ1) is 25.7. The van der Waals surface area contributed by atoms with E-state index in [0.29, 0.717) is 12.4 Å². The lowest BCUT2D eigenvalue weighted by Crippen LogP contribution is -2.36. The van der Waals surface area contributed by atoms with Gasteiger partial charge in [0.05, 0.1) is 6.04 Å². The number of aromatic hydroxyl groups is 1. The van der Waals surface area contributed by atoms with Gasteiger partial charge in [0.1, 0.15) is 23.9 Å². The van der Waals surface area contributed by atoms with E-state index < -0.39 is 0 Å². The average molecular weight is 512 g/mol. The van der Waals surface area contributed by atoms with Crippen molar-refractivity contribution in [2.45, 2.75) is 32.4 Å². The van der Waals surface area contributed by atoms with Crippen molar-refractivity contribution in [3.8, 4) is 11.5 Å². The van der Waals surface area contributed by atoms with Crippen LogP contribution in [0.25, 0.3) is 0 Å². The fourth-order valence-electron chi connectivity index (χ4n) is 5.19. The van der Waals surface area contributed by atoms with Crippen molar-refractivity contribution in [1.29, 1.82) is 0 Å². The SMILES string of the molecule is CCN(CCOc1ccc(CC2c3ccc(O)cc3CCN2c2ccc(F)cc2)cc1)Cc1ccncc1. The number of phenolic OH excluding ortho intramolecular Hbond substituents is 1. The lowest BCUT2D eigenvalue weighted by Gasteiger charge is -2.39. The molecular formula is C32H34FN3O2. The molecule has 5 rings (SSSR count). The lowest BCUT2D eigenvalue weighted by atomic mass is 9.88. The maximum atomic E-state index is 13.6. The van der Waals surface area contributed by atoms with Gasteiger partial charge in [0, 0.05) is 37.7 Å². The van der Waals surface area contributed by atoms with Crippen LogP contribution >= 0.6 is 0 Å². The van der Waals surface area contributed by atoms with Crippen molar-refractivity contribution < 1.29 is 14.2 Å². The predicted octanol–water partition coefficient (Wildman–Crippen LogP) is 6.17. The predicted molar refractivity (Wildman–Crippen MR) is 149 cm³/mol. The smallest absolute Gasteiger partial charge is 0.123 e. The lowest BCUT2D eigenvalue weighted by molar-refractivity contribution is 0.210. The van der Waals surface area contributed by atoms with Gasteiger partial charge >= 0.3 is 0 Å². The number of aromatic nitrogens is 1. The van der Waals surface area contributed by atoms with E-state index in [-0.39, 0.29) is 11.9 Å². The van der Waals surface area contributed by atoms with E-state index in [1.807, 2.05) is 60.9 Å². The molecule has 1 atom stereocenters. The van der Waals surface area contributed by atoms with E-state index in [1.165, 1.54) is 34.4 Å². The molecule has 1 aliphatic heterocycles. The first-order valence-corrected chi connectivity index (χ1v) is 13.3. The van der Waals surface area contributed by atoms with Crippen LogP contribution in [0, 0.1) is 5.82 Å². The highest BCUT2D eigenvalue weighted by molar-refractivity contribution is 5.53. The molecule has 38 heavy (non-hydrogen) atoms. The minimum Gasteiger partial charge on any atom is -0.508 e. The summed E-state index contributed by atoms with van der Waals surface area (Å²) in [5.74, 6) is 0.919. The third-order valence-corrected chi connectivity index (χ3v) is 7.27. The molecule has 0 bridgehead atoms. The van der Waals surface area contributed by atoms with Gasteiger partial charge in [0.25, 0.3) is 0 Å². The van der Waals surface area contributed by atoms with E-state index in [0.717, 1.165) is 50.5 Å². The van der Waals surface area contributed by atoms with Crippen LogP contribution in [0.2, 0.25) is 0 Å². The zero-order valence-corrected chi connectivity index (χ0v) is 21.8. The molecule has 0 aliphatic carbocycles. The van der Waals surface area contributed by atoms with Gasteiger partial charge in [-0.3, -0.25) is 9.88 Å². The van der Waals surface area contributed by atoms with Crippen molar-refractivity contribution in [2.75, 3.05) is 31.1 Å². The van der Waals surface area contributed by atoms with Crippen molar-refractivity contribution in [1.82, 2.24) is 9.88 Å². The van der Waals surface area contributed by atoms with Crippen LogP contribution in [-0.2, 0) is 19.4 Å². The summed E-state index contributed by atoms with van der Waals surface area (Å²) in [6.07, 6.45) is 5.29. The number of likely N-dealkylation sites (N-methyl/N-ethyl adjacent to an activating group) is 1.